The van der Waals surface area contributed by atoms with Crippen molar-refractivity contribution in [3.8, 4) is 0 Å². The summed E-state index contributed by atoms with van der Waals surface area (Å²) in [5.74, 6) is 0.0143. The third-order valence-corrected chi connectivity index (χ3v) is 4.97. The Labute approximate surface area is 141 Å². The predicted octanol–water partition coefficient (Wildman–Crippen LogP) is 2.39. The highest BCUT2D eigenvalue weighted by Crippen LogP contribution is 2.29. The number of carbonyl (C=O) groups is 1. The number of nitrogens with zero attached hydrogens (tertiary/aromatic N) is 1. The summed E-state index contributed by atoms with van der Waals surface area (Å²) in [6.45, 7) is 3.48. The molecular weight excluding hydrogens is 316 g/mol. The summed E-state index contributed by atoms with van der Waals surface area (Å²) < 4.78 is 5.18. The standard InChI is InChI=1S/C17H23ClN2O3/c18-15-8-13(19-9-17(10-21)11-23-12-17)4-5-14(15)16(22)20-6-2-1-3-7-20/h4-5,8,19,21H,1-3,6-7,9-12H2. The van der Waals surface area contributed by atoms with E-state index in [0.29, 0.717) is 30.3 Å². The number of halogens is 1. The average molecular weight is 339 g/mol. The van der Waals surface area contributed by atoms with Crippen LogP contribution in [0.2, 0.25) is 5.02 Å². The molecule has 5 nitrogen and oxygen atoms in total. The lowest BCUT2D eigenvalue weighted by Crippen LogP contribution is -2.50. The molecular formula is C17H23ClN2O3. The first-order valence-corrected chi connectivity index (χ1v) is 8.53. The Kier molecular flexibility index (Phi) is 5.09. The van der Waals surface area contributed by atoms with E-state index in [9.17, 15) is 9.90 Å². The lowest BCUT2D eigenvalue weighted by atomic mass is 9.87. The van der Waals surface area contributed by atoms with Crippen molar-refractivity contribution in [3.05, 3.63) is 28.8 Å². The number of aliphatic hydroxyl groups excluding tert-OH is 1. The topological polar surface area (TPSA) is 61.8 Å². The van der Waals surface area contributed by atoms with Crippen molar-refractivity contribution < 1.29 is 14.6 Å². The molecule has 2 fully saturated rings. The summed E-state index contributed by atoms with van der Waals surface area (Å²) in [6, 6.07) is 5.43. The molecule has 2 heterocycles. The SMILES string of the molecule is O=C(c1ccc(NCC2(CO)COC2)cc1Cl)N1CCCCC1. The predicted molar refractivity (Wildman–Crippen MR) is 90.0 cm³/mol. The molecule has 1 aromatic carbocycles. The van der Waals surface area contributed by atoms with E-state index in [1.54, 1.807) is 12.1 Å². The summed E-state index contributed by atoms with van der Waals surface area (Å²) >= 11 is 6.31. The maximum absolute atomic E-state index is 12.5. The van der Waals surface area contributed by atoms with Gasteiger partial charge in [-0.2, -0.15) is 0 Å². The van der Waals surface area contributed by atoms with Crippen LogP contribution in [-0.2, 0) is 4.74 Å². The van der Waals surface area contributed by atoms with Gasteiger partial charge in [0.1, 0.15) is 0 Å². The number of benzene rings is 1. The fraction of sp³-hybridized carbons (Fsp3) is 0.588. The summed E-state index contributed by atoms with van der Waals surface area (Å²) in [6.07, 6.45) is 3.32. The minimum atomic E-state index is -0.200. The van der Waals surface area contributed by atoms with E-state index < -0.39 is 0 Å². The second kappa shape index (κ2) is 7.07. The van der Waals surface area contributed by atoms with E-state index in [1.807, 2.05) is 11.0 Å². The maximum Gasteiger partial charge on any atom is 0.255 e. The van der Waals surface area contributed by atoms with E-state index in [0.717, 1.165) is 31.6 Å². The Bertz CT molecular complexity index is 563. The molecule has 0 aliphatic carbocycles. The maximum atomic E-state index is 12.5. The van der Waals surface area contributed by atoms with Crippen LogP contribution in [0, 0.1) is 5.41 Å². The van der Waals surface area contributed by atoms with Gasteiger partial charge in [0.25, 0.3) is 5.91 Å². The molecule has 1 aromatic rings. The number of hydrogen-bond donors (Lipinski definition) is 2. The second-order valence-corrected chi connectivity index (χ2v) is 6.96. The first kappa shape index (κ1) is 16.6. The number of carbonyl (C=O) groups excluding carboxylic acids is 1. The van der Waals surface area contributed by atoms with Crippen LogP contribution in [-0.4, -0.2) is 55.4 Å². The molecule has 0 unspecified atom stereocenters. The number of ether oxygens (including phenoxy) is 1. The van der Waals surface area contributed by atoms with Gasteiger partial charge in [-0.25, -0.2) is 0 Å². The summed E-state index contributed by atoms with van der Waals surface area (Å²) in [4.78, 5) is 14.4. The zero-order chi connectivity index (χ0) is 16.3. The molecule has 23 heavy (non-hydrogen) atoms. The fourth-order valence-electron chi connectivity index (χ4n) is 3.00. The summed E-state index contributed by atoms with van der Waals surface area (Å²) in [5.41, 5.74) is 1.21. The molecule has 0 atom stereocenters. The highest BCUT2D eigenvalue weighted by molar-refractivity contribution is 6.34. The van der Waals surface area contributed by atoms with Crippen molar-refractivity contribution in [2.45, 2.75) is 19.3 Å². The lowest BCUT2D eigenvalue weighted by Gasteiger charge is -2.40. The Morgan fingerprint density at radius 3 is 2.61 bits per heavy atom. The van der Waals surface area contributed by atoms with Gasteiger partial charge in [0.15, 0.2) is 0 Å². The van der Waals surface area contributed by atoms with Crippen molar-refractivity contribution in [2.75, 3.05) is 44.8 Å². The zero-order valence-electron chi connectivity index (χ0n) is 13.2. The van der Waals surface area contributed by atoms with Crippen molar-refractivity contribution in [1.82, 2.24) is 4.90 Å². The van der Waals surface area contributed by atoms with Gasteiger partial charge in [-0.3, -0.25) is 4.79 Å². The van der Waals surface area contributed by atoms with Gasteiger partial charge in [0, 0.05) is 25.3 Å². The van der Waals surface area contributed by atoms with Crippen LogP contribution in [0.1, 0.15) is 29.6 Å². The van der Waals surface area contributed by atoms with E-state index >= 15 is 0 Å². The number of aliphatic hydroxyl groups is 1. The zero-order valence-corrected chi connectivity index (χ0v) is 13.9. The molecule has 1 amide bonds. The van der Waals surface area contributed by atoms with Gasteiger partial charge in [-0.15, -0.1) is 0 Å². The first-order chi connectivity index (χ1) is 11.1. The molecule has 2 aliphatic rings. The molecule has 0 saturated carbocycles. The number of rotatable bonds is 5. The molecule has 0 radical (unpaired) electrons. The minimum absolute atomic E-state index is 0.0143. The van der Waals surface area contributed by atoms with E-state index in [4.69, 9.17) is 16.3 Å². The quantitative estimate of drug-likeness (QED) is 0.865. The van der Waals surface area contributed by atoms with Crippen LogP contribution in [0.3, 0.4) is 0 Å². The molecule has 2 aliphatic heterocycles. The smallest absolute Gasteiger partial charge is 0.255 e. The third kappa shape index (κ3) is 3.62. The molecule has 0 spiro atoms. The van der Waals surface area contributed by atoms with E-state index in [-0.39, 0.29) is 17.9 Å². The number of piperidine rings is 1. The number of hydrogen-bond acceptors (Lipinski definition) is 4. The Morgan fingerprint density at radius 1 is 1.30 bits per heavy atom. The first-order valence-electron chi connectivity index (χ1n) is 8.15. The molecule has 2 saturated heterocycles. The van der Waals surface area contributed by atoms with Crippen LogP contribution in [0.4, 0.5) is 5.69 Å². The Balaban J connectivity index is 1.64. The normalized spacial score (nSPS) is 20.0. The van der Waals surface area contributed by atoms with Crippen LogP contribution in [0.5, 0.6) is 0 Å². The summed E-state index contributed by atoms with van der Waals surface area (Å²) in [7, 11) is 0. The second-order valence-electron chi connectivity index (χ2n) is 6.55. The minimum Gasteiger partial charge on any atom is -0.396 e. The van der Waals surface area contributed by atoms with Crippen LogP contribution < -0.4 is 5.32 Å². The fourth-order valence-corrected chi connectivity index (χ4v) is 3.26. The highest BCUT2D eigenvalue weighted by atomic mass is 35.5. The lowest BCUT2D eigenvalue weighted by molar-refractivity contribution is -0.128. The largest absolute Gasteiger partial charge is 0.396 e. The van der Waals surface area contributed by atoms with Gasteiger partial charge in [-0.05, 0) is 37.5 Å². The number of anilines is 1. The molecule has 0 aromatic heterocycles. The van der Waals surface area contributed by atoms with Crippen LogP contribution in [0.25, 0.3) is 0 Å². The van der Waals surface area contributed by atoms with Crippen molar-refractivity contribution in [1.29, 1.82) is 0 Å². The Hall–Kier alpha value is -1.30. The summed E-state index contributed by atoms with van der Waals surface area (Å²) in [5, 5.41) is 13.2. The van der Waals surface area contributed by atoms with E-state index in [1.165, 1.54) is 6.42 Å². The molecule has 6 heteroatoms. The van der Waals surface area contributed by atoms with Crippen molar-refractivity contribution in [2.24, 2.45) is 5.41 Å². The number of likely N-dealkylation sites (tertiary alicyclic amines) is 1. The third-order valence-electron chi connectivity index (χ3n) is 4.66. The van der Waals surface area contributed by atoms with Gasteiger partial charge in [-0.1, -0.05) is 11.6 Å². The van der Waals surface area contributed by atoms with Gasteiger partial charge in [0.2, 0.25) is 0 Å². The molecule has 2 N–H and O–H groups in total. The van der Waals surface area contributed by atoms with Gasteiger partial charge < -0.3 is 20.1 Å². The van der Waals surface area contributed by atoms with Crippen molar-refractivity contribution >= 4 is 23.2 Å². The average Bonchev–Trinajstić information content (AvgIpc) is 2.55. The van der Waals surface area contributed by atoms with Gasteiger partial charge >= 0.3 is 0 Å². The molecule has 126 valence electrons. The van der Waals surface area contributed by atoms with Crippen LogP contribution >= 0.6 is 11.6 Å². The number of amides is 1. The monoisotopic (exact) mass is 338 g/mol. The molecule has 0 bridgehead atoms. The van der Waals surface area contributed by atoms with Crippen molar-refractivity contribution in [3.63, 3.8) is 0 Å². The van der Waals surface area contributed by atoms with Gasteiger partial charge in [0.05, 0.1) is 35.8 Å². The number of nitrogens with one attached hydrogen (secondary N) is 1. The van der Waals surface area contributed by atoms with E-state index in [2.05, 4.69) is 5.32 Å². The molecule has 3 rings (SSSR count). The Morgan fingerprint density at radius 2 is 2.04 bits per heavy atom. The highest BCUT2D eigenvalue weighted by Gasteiger charge is 2.37. The van der Waals surface area contributed by atoms with Crippen LogP contribution in [0.15, 0.2) is 18.2 Å².